The highest BCUT2D eigenvalue weighted by Gasteiger charge is 2.05. The highest BCUT2D eigenvalue weighted by atomic mass is 79.9. The van der Waals surface area contributed by atoms with E-state index in [9.17, 15) is 8.78 Å². The Morgan fingerprint density at radius 1 is 0.857 bits per heavy atom. The van der Waals surface area contributed by atoms with Gasteiger partial charge in [0.1, 0.15) is 24.0 Å². The second-order valence-electron chi connectivity index (χ2n) is 4.68. The Morgan fingerprint density at radius 3 is 2.43 bits per heavy atom. The van der Waals surface area contributed by atoms with Gasteiger partial charge in [-0.3, -0.25) is 0 Å². The summed E-state index contributed by atoms with van der Waals surface area (Å²) in [7, 11) is 0. The molecule has 0 N–H and O–H groups in total. The fourth-order valence-electron chi connectivity index (χ4n) is 2.08. The largest absolute Gasteiger partial charge is 0.489 e. The van der Waals surface area contributed by atoms with Crippen LogP contribution in [0.5, 0.6) is 5.75 Å². The molecule has 0 aliphatic rings. The summed E-state index contributed by atoms with van der Waals surface area (Å²) in [5.41, 5.74) is 0.326. The summed E-state index contributed by atoms with van der Waals surface area (Å²) in [6.45, 7) is 0.0636. The molecule has 0 aromatic heterocycles. The van der Waals surface area contributed by atoms with E-state index < -0.39 is 11.6 Å². The molecule has 106 valence electrons. The summed E-state index contributed by atoms with van der Waals surface area (Å²) in [6, 6.07) is 15.1. The van der Waals surface area contributed by atoms with Gasteiger partial charge in [0.25, 0.3) is 0 Å². The number of halogens is 3. The van der Waals surface area contributed by atoms with Crippen LogP contribution in [0.4, 0.5) is 8.78 Å². The molecular formula is C17H11BrF2O. The van der Waals surface area contributed by atoms with Crippen molar-refractivity contribution in [1.82, 2.24) is 0 Å². The summed E-state index contributed by atoms with van der Waals surface area (Å²) in [6.07, 6.45) is 0. The van der Waals surface area contributed by atoms with Gasteiger partial charge in [-0.1, -0.05) is 28.1 Å². The zero-order valence-electron chi connectivity index (χ0n) is 10.9. The Hall–Kier alpha value is -1.94. The molecule has 0 heterocycles. The molecule has 0 spiro atoms. The zero-order valence-corrected chi connectivity index (χ0v) is 12.5. The van der Waals surface area contributed by atoms with E-state index in [0.29, 0.717) is 11.3 Å². The summed E-state index contributed by atoms with van der Waals surface area (Å²) in [4.78, 5) is 0. The molecule has 0 radical (unpaired) electrons. The van der Waals surface area contributed by atoms with Crippen LogP contribution < -0.4 is 4.74 Å². The standard InChI is InChI=1S/C17H11BrF2O/c18-14-4-1-12-8-16(6-3-11(12)7-14)21-10-13-2-5-15(19)9-17(13)20/h1-9H,10H2. The Morgan fingerprint density at radius 2 is 1.62 bits per heavy atom. The third kappa shape index (κ3) is 3.22. The fraction of sp³-hybridized carbons (Fsp3) is 0.0588. The number of ether oxygens (including phenoxy) is 1. The average Bonchev–Trinajstić information content (AvgIpc) is 2.46. The van der Waals surface area contributed by atoms with Crippen LogP contribution in [0.1, 0.15) is 5.56 Å². The van der Waals surface area contributed by atoms with Crippen LogP contribution >= 0.6 is 15.9 Å². The van der Waals surface area contributed by atoms with Crippen molar-refractivity contribution in [2.24, 2.45) is 0 Å². The Balaban J connectivity index is 1.80. The third-order valence-electron chi connectivity index (χ3n) is 3.18. The van der Waals surface area contributed by atoms with E-state index in [1.807, 2.05) is 36.4 Å². The smallest absolute Gasteiger partial charge is 0.132 e. The number of hydrogen-bond acceptors (Lipinski definition) is 1. The molecular weight excluding hydrogens is 338 g/mol. The molecule has 0 aliphatic carbocycles. The van der Waals surface area contributed by atoms with Gasteiger partial charge in [0, 0.05) is 16.1 Å². The van der Waals surface area contributed by atoms with Crippen LogP contribution in [-0.2, 0) is 6.61 Å². The van der Waals surface area contributed by atoms with Crippen molar-refractivity contribution in [3.8, 4) is 5.75 Å². The lowest BCUT2D eigenvalue weighted by Crippen LogP contribution is -1.99. The van der Waals surface area contributed by atoms with Gasteiger partial charge < -0.3 is 4.74 Å². The summed E-state index contributed by atoms with van der Waals surface area (Å²) in [5.74, 6) is -0.541. The first-order chi connectivity index (χ1) is 10.1. The third-order valence-corrected chi connectivity index (χ3v) is 3.68. The fourth-order valence-corrected chi connectivity index (χ4v) is 2.46. The van der Waals surface area contributed by atoms with Gasteiger partial charge in [0.2, 0.25) is 0 Å². The van der Waals surface area contributed by atoms with Crippen molar-refractivity contribution in [2.75, 3.05) is 0 Å². The predicted octanol–water partition coefficient (Wildman–Crippen LogP) is 5.46. The minimum atomic E-state index is -0.597. The van der Waals surface area contributed by atoms with Crippen molar-refractivity contribution in [3.63, 3.8) is 0 Å². The van der Waals surface area contributed by atoms with E-state index in [0.717, 1.165) is 21.3 Å². The molecule has 0 fully saturated rings. The predicted molar refractivity (Wildman–Crippen MR) is 82.3 cm³/mol. The molecule has 0 saturated heterocycles. The average molecular weight is 349 g/mol. The molecule has 0 bridgehead atoms. The van der Waals surface area contributed by atoms with Gasteiger partial charge in [-0.25, -0.2) is 8.78 Å². The second kappa shape index (κ2) is 5.82. The molecule has 1 nitrogen and oxygen atoms in total. The number of rotatable bonds is 3. The maximum atomic E-state index is 13.5. The molecule has 3 rings (SSSR count). The normalized spacial score (nSPS) is 10.8. The molecule has 3 aromatic rings. The lowest BCUT2D eigenvalue weighted by molar-refractivity contribution is 0.300. The van der Waals surface area contributed by atoms with Crippen LogP contribution in [0.25, 0.3) is 10.8 Å². The molecule has 3 aromatic carbocycles. The van der Waals surface area contributed by atoms with Crippen molar-refractivity contribution in [3.05, 3.63) is 76.3 Å². The van der Waals surface area contributed by atoms with Crippen molar-refractivity contribution in [2.45, 2.75) is 6.61 Å². The van der Waals surface area contributed by atoms with Crippen molar-refractivity contribution < 1.29 is 13.5 Å². The van der Waals surface area contributed by atoms with Crippen LogP contribution in [-0.4, -0.2) is 0 Å². The van der Waals surface area contributed by atoms with Gasteiger partial charge in [0.05, 0.1) is 0 Å². The van der Waals surface area contributed by atoms with Crippen LogP contribution in [0, 0.1) is 11.6 Å². The Kier molecular flexibility index (Phi) is 3.88. The van der Waals surface area contributed by atoms with Crippen LogP contribution in [0.3, 0.4) is 0 Å². The van der Waals surface area contributed by atoms with Gasteiger partial charge in [-0.2, -0.15) is 0 Å². The van der Waals surface area contributed by atoms with E-state index in [1.54, 1.807) is 0 Å². The minimum absolute atomic E-state index is 0.0636. The van der Waals surface area contributed by atoms with E-state index in [2.05, 4.69) is 15.9 Å². The number of fused-ring (bicyclic) bond motifs is 1. The maximum Gasteiger partial charge on any atom is 0.132 e. The van der Waals surface area contributed by atoms with Gasteiger partial charge in [0.15, 0.2) is 0 Å². The van der Waals surface area contributed by atoms with Crippen LogP contribution in [0.2, 0.25) is 0 Å². The second-order valence-corrected chi connectivity index (χ2v) is 5.59. The van der Waals surface area contributed by atoms with Gasteiger partial charge >= 0.3 is 0 Å². The van der Waals surface area contributed by atoms with Crippen molar-refractivity contribution in [1.29, 1.82) is 0 Å². The molecule has 21 heavy (non-hydrogen) atoms. The van der Waals surface area contributed by atoms with E-state index in [4.69, 9.17) is 4.74 Å². The molecule has 0 aliphatic heterocycles. The summed E-state index contributed by atoms with van der Waals surface area (Å²) >= 11 is 3.42. The quantitative estimate of drug-likeness (QED) is 0.610. The first kappa shape index (κ1) is 14.0. The molecule has 0 amide bonds. The lowest BCUT2D eigenvalue weighted by atomic mass is 10.1. The summed E-state index contributed by atoms with van der Waals surface area (Å²) in [5, 5.41) is 2.12. The van der Waals surface area contributed by atoms with Crippen LogP contribution in [0.15, 0.2) is 59.1 Å². The Labute approximate surface area is 129 Å². The van der Waals surface area contributed by atoms with E-state index in [-0.39, 0.29) is 6.61 Å². The van der Waals surface area contributed by atoms with Gasteiger partial charge in [-0.15, -0.1) is 0 Å². The van der Waals surface area contributed by atoms with E-state index >= 15 is 0 Å². The molecule has 0 atom stereocenters. The Bertz CT molecular complexity index is 802. The topological polar surface area (TPSA) is 9.23 Å². The highest BCUT2D eigenvalue weighted by molar-refractivity contribution is 9.10. The SMILES string of the molecule is Fc1ccc(COc2ccc3cc(Br)ccc3c2)c(F)c1. The van der Waals surface area contributed by atoms with Crippen molar-refractivity contribution >= 4 is 26.7 Å². The van der Waals surface area contributed by atoms with Gasteiger partial charge in [-0.05, 0) is 47.2 Å². The summed E-state index contributed by atoms with van der Waals surface area (Å²) < 4.78 is 32.9. The monoisotopic (exact) mass is 348 g/mol. The molecule has 4 heteroatoms. The minimum Gasteiger partial charge on any atom is -0.489 e. The maximum absolute atomic E-state index is 13.5. The van der Waals surface area contributed by atoms with E-state index in [1.165, 1.54) is 12.1 Å². The number of hydrogen-bond donors (Lipinski definition) is 0. The molecule has 0 saturated carbocycles. The first-order valence-electron chi connectivity index (χ1n) is 6.38. The first-order valence-corrected chi connectivity index (χ1v) is 7.17. The molecule has 0 unspecified atom stereocenters. The highest BCUT2D eigenvalue weighted by Crippen LogP contribution is 2.25. The lowest BCUT2D eigenvalue weighted by Gasteiger charge is -2.08. The number of benzene rings is 3. The zero-order chi connectivity index (χ0) is 14.8.